The van der Waals surface area contributed by atoms with Gasteiger partial charge in [0, 0.05) is 19.7 Å². The molecule has 2 N–H and O–H groups in total. The quantitative estimate of drug-likeness (QED) is 0.711. The van der Waals surface area contributed by atoms with Gasteiger partial charge in [0.15, 0.2) is 0 Å². The number of hydrogen-bond acceptors (Lipinski definition) is 4. The number of nitrogens with one attached hydrogen (secondary N) is 1. The number of nitrogens with zero attached hydrogens (tertiary/aromatic N) is 1. The van der Waals surface area contributed by atoms with Gasteiger partial charge in [0.05, 0.1) is 6.10 Å². The zero-order valence-corrected chi connectivity index (χ0v) is 11.7. The smallest absolute Gasteiger partial charge is 0.324 e. The van der Waals surface area contributed by atoms with Gasteiger partial charge in [0.1, 0.15) is 5.54 Å². The summed E-state index contributed by atoms with van der Waals surface area (Å²) < 4.78 is 5.64. The first-order valence-electron chi connectivity index (χ1n) is 6.84. The SMILES string of the molecule is CCNC(C)(CN1CCCC(OCC)C1)C(=O)O. The van der Waals surface area contributed by atoms with E-state index >= 15 is 0 Å². The Bertz CT molecular complexity index is 271. The maximum atomic E-state index is 11.4. The Morgan fingerprint density at radius 2 is 2.28 bits per heavy atom. The van der Waals surface area contributed by atoms with Crippen LogP contribution in [0.25, 0.3) is 0 Å². The third-order valence-corrected chi connectivity index (χ3v) is 3.44. The molecule has 0 aromatic heterocycles. The number of carboxylic acid groups (broad SMARTS) is 1. The predicted octanol–water partition coefficient (Wildman–Crippen LogP) is 0.940. The average Bonchev–Trinajstić information content (AvgIpc) is 2.30. The van der Waals surface area contributed by atoms with Crippen LogP contribution in [0.15, 0.2) is 0 Å². The van der Waals surface area contributed by atoms with Gasteiger partial charge in [0.25, 0.3) is 0 Å². The molecule has 1 aliphatic heterocycles. The summed E-state index contributed by atoms with van der Waals surface area (Å²) in [6, 6.07) is 0. The van der Waals surface area contributed by atoms with Crippen molar-refractivity contribution in [2.45, 2.75) is 45.3 Å². The Morgan fingerprint density at radius 1 is 1.56 bits per heavy atom. The summed E-state index contributed by atoms with van der Waals surface area (Å²) in [7, 11) is 0. The molecule has 0 aliphatic carbocycles. The van der Waals surface area contributed by atoms with Gasteiger partial charge < -0.3 is 15.2 Å². The van der Waals surface area contributed by atoms with Crippen LogP contribution < -0.4 is 5.32 Å². The molecule has 0 aromatic rings. The monoisotopic (exact) mass is 258 g/mol. The van der Waals surface area contributed by atoms with Crippen LogP contribution in [0.4, 0.5) is 0 Å². The normalized spacial score (nSPS) is 24.7. The lowest BCUT2D eigenvalue weighted by Gasteiger charge is -2.37. The molecule has 1 saturated heterocycles. The van der Waals surface area contributed by atoms with E-state index in [0.29, 0.717) is 13.1 Å². The largest absolute Gasteiger partial charge is 0.480 e. The van der Waals surface area contributed by atoms with Gasteiger partial charge in [-0.05, 0) is 39.8 Å². The number of likely N-dealkylation sites (N-methyl/N-ethyl adjacent to an activating group) is 1. The fraction of sp³-hybridized carbons (Fsp3) is 0.923. The van der Waals surface area contributed by atoms with Crippen LogP contribution >= 0.6 is 0 Å². The molecule has 0 bridgehead atoms. The second-order valence-corrected chi connectivity index (χ2v) is 5.12. The van der Waals surface area contributed by atoms with Gasteiger partial charge in [-0.2, -0.15) is 0 Å². The van der Waals surface area contributed by atoms with E-state index in [2.05, 4.69) is 10.2 Å². The van der Waals surface area contributed by atoms with E-state index in [4.69, 9.17) is 4.74 Å². The average molecular weight is 258 g/mol. The fourth-order valence-electron chi connectivity index (χ4n) is 2.56. The van der Waals surface area contributed by atoms with Crippen LogP contribution in [-0.2, 0) is 9.53 Å². The zero-order chi connectivity index (χ0) is 13.6. The van der Waals surface area contributed by atoms with Crippen LogP contribution in [0.2, 0.25) is 0 Å². The summed E-state index contributed by atoms with van der Waals surface area (Å²) >= 11 is 0. The van der Waals surface area contributed by atoms with Crippen LogP contribution in [0.3, 0.4) is 0 Å². The highest BCUT2D eigenvalue weighted by Crippen LogP contribution is 2.16. The Hall–Kier alpha value is -0.650. The van der Waals surface area contributed by atoms with Gasteiger partial charge in [-0.25, -0.2) is 0 Å². The van der Waals surface area contributed by atoms with Crippen LogP contribution in [0.5, 0.6) is 0 Å². The number of aliphatic carboxylic acids is 1. The van der Waals surface area contributed by atoms with Gasteiger partial charge in [-0.15, -0.1) is 0 Å². The lowest BCUT2D eigenvalue weighted by molar-refractivity contribution is -0.145. The van der Waals surface area contributed by atoms with Crippen molar-refractivity contribution in [3.05, 3.63) is 0 Å². The van der Waals surface area contributed by atoms with Gasteiger partial charge in [-0.1, -0.05) is 6.92 Å². The summed E-state index contributed by atoms with van der Waals surface area (Å²) in [5, 5.41) is 12.4. The minimum absolute atomic E-state index is 0.253. The van der Waals surface area contributed by atoms with E-state index in [1.807, 2.05) is 13.8 Å². The number of piperidine rings is 1. The standard InChI is InChI=1S/C13H26N2O3/c1-4-14-13(3,12(16)17)10-15-8-6-7-11(9-15)18-5-2/h11,14H,4-10H2,1-3H3,(H,16,17). The summed E-state index contributed by atoms with van der Waals surface area (Å²) in [4.78, 5) is 13.6. The molecule has 1 heterocycles. The maximum Gasteiger partial charge on any atom is 0.324 e. The molecule has 1 fully saturated rings. The summed E-state index contributed by atoms with van der Waals surface area (Å²) in [6.45, 7) is 9.38. The minimum atomic E-state index is -0.872. The molecular formula is C13H26N2O3. The molecule has 0 saturated carbocycles. The van der Waals surface area contributed by atoms with Crippen molar-refractivity contribution < 1.29 is 14.6 Å². The summed E-state index contributed by atoms with van der Waals surface area (Å²) in [5.41, 5.74) is -0.872. The lowest BCUT2D eigenvalue weighted by atomic mass is 9.99. The summed E-state index contributed by atoms with van der Waals surface area (Å²) in [5.74, 6) is -0.789. The molecule has 5 heteroatoms. The fourth-order valence-corrected chi connectivity index (χ4v) is 2.56. The Labute approximate surface area is 109 Å². The second-order valence-electron chi connectivity index (χ2n) is 5.12. The highest BCUT2D eigenvalue weighted by molar-refractivity contribution is 5.78. The van der Waals surface area contributed by atoms with Crippen molar-refractivity contribution in [2.75, 3.05) is 32.8 Å². The third-order valence-electron chi connectivity index (χ3n) is 3.44. The first kappa shape index (κ1) is 15.4. The first-order chi connectivity index (χ1) is 8.51. The van der Waals surface area contributed by atoms with Crippen molar-refractivity contribution in [3.63, 3.8) is 0 Å². The van der Waals surface area contributed by atoms with Crippen molar-refractivity contribution >= 4 is 5.97 Å². The van der Waals surface area contributed by atoms with E-state index in [-0.39, 0.29) is 6.10 Å². The molecule has 0 radical (unpaired) electrons. The minimum Gasteiger partial charge on any atom is -0.480 e. The first-order valence-corrected chi connectivity index (χ1v) is 6.84. The second kappa shape index (κ2) is 7.07. The van der Waals surface area contributed by atoms with Crippen LogP contribution in [-0.4, -0.2) is 60.4 Å². The van der Waals surface area contributed by atoms with Gasteiger partial charge in [0.2, 0.25) is 0 Å². The number of rotatable bonds is 7. The van der Waals surface area contributed by atoms with Crippen molar-refractivity contribution in [1.29, 1.82) is 0 Å². The van der Waals surface area contributed by atoms with Crippen molar-refractivity contribution in [2.24, 2.45) is 0 Å². The molecule has 5 nitrogen and oxygen atoms in total. The predicted molar refractivity (Wildman–Crippen MR) is 70.8 cm³/mol. The molecule has 1 aliphatic rings. The van der Waals surface area contributed by atoms with E-state index in [0.717, 1.165) is 32.5 Å². The van der Waals surface area contributed by atoms with E-state index in [1.54, 1.807) is 6.92 Å². The zero-order valence-electron chi connectivity index (χ0n) is 11.7. The number of carbonyl (C=O) groups is 1. The lowest BCUT2D eigenvalue weighted by Crippen LogP contribution is -2.58. The van der Waals surface area contributed by atoms with E-state index in [9.17, 15) is 9.90 Å². The molecule has 0 amide bonds. The molecule has 0 aromatic carbocycles. The summed E-state index contributed by atoms with van der Waals surface area (Å²) in [6.07, 6.45) is 2.41. The van der Waals surface area contributed by atoms with Crippen molar-refractivity contribution in [1.82, 2.24) is 10.2 Å². The highest BCUT2D eigenvalue weighted by atomic mass is 16.5. The Balaban J connectivity index is 2.55. The molecular weight excluding hydrogens is 232 g/mol. The van der Waals surface area contributed by atoms with Crippen LogP contribution in [0.1, 0.15) is 33.6 Å². The topological polar surface area (TPSA) is 61.8 Å². The van der Waals surface area contributed by atoms with Gasteiger partial charge in [-0.3, -0.25) is 9.69 Å². The molecule has 2 unspecified atom stereocenters. The van der Waals surface area contributed by atoms with Crippen molar-refractivity contribution in [3.8, 4) is 0 Å². The van der Waals surface area contributed by atoms with Crippen LogP contribution in [0, 0.1) is 0 Å². The third kappa shape index (κ3) is 4.23. The van der Waals surface area contributed by atoms with E-state index in [1.165, 1.54) is 0 Å². The number of ether oxygens (including phenoxy) is 1. The molecule has 1 rings (SSSR count). The van der Waals surface area contributed by atoms with Gasteiger partial charge >= 0.3 is 5.97 Å². The van der Waals surface area contributed by atoms with E-state index < -0.39 is 11.5 Å². The highest BCUT2D eigenvalue weighted by Gasteiger charge is 2.35. The Morgan fingerprint density at radius 3 is 2.83 bits per heavy atom. The number of hydrogen-bond donors (Lipinski definition) is 2. The molecule has 2 atom stereocenters. The maximum absolute atomic E-state index is 11.4. The Kier molecular flexibility index (Phi) is 6.05. The number of likely N-dealkylation sites (tertiary alicyclic amines) is 1. The molecule has 106 valence electrons. The number of carboxylic acids is 1. The molecule has 0 spiro atoms. The molecule has 18 heavy (non-hydrogen) atoms.